The minimum absolute atomic E-state index is 0.0917. The second-order valence-electron chi connectivity index (χ2n) is 6.09. The highest BCUT2D eigenvalue weighted by molar-refractivity contribution is 5.92. The predicted octanol–water partition coefficient (Wildman–Crippen LogP) is 4.40. The molecule has 0 saturated heterocycles. The molecule has 10 heteroatoms. The third-order valence-electron chi connectivity index (χ3n) is 4.04. The highest BCUT2D eigenvalue weighted by atomic mass is 19.3. The van der Waals surface area contributed by atoms with Crippen molar-refractivity contribution < 1.29 is 31.8 Å². The van der Waals surface area contributed by atoms with E-state index in [1.54, 1.807) is 23.1 Å². The molecule has 31 heavy (non-hydrogen) atoms. The van der Waals surface area contributed by atoms with E-state index in [9.17, 15) is 22.4 Å². The number of nitrogens with zero attached hydrogens (tertiary/aromatic N) is 2. The summed E-state index contributed by atoms with van der Waals surface area (Å²) >= 11 is 0. The highest BCUT2D eigenvalue weighted by Gasteiger charge is 2.12. The van der Waals surface area contributed by atoms with E-state index in [-0.39, 0.29) is 17.9 Å². The maximum Gasteiger partial charge on any atom is 0.387 e. The summed E-state index contributed by atoms with van der Waals surface area (Å²) in [5.41, 5.74) is 1.69. The summed E-state index contributed by atoms with van der Waals surface area (Å²) in [6.45, 7) is -6.10. The van der Waals surface area contributed by atoms with Crippen LogP contribution in [0.1, 0.15) is 11.1 Å². The molecule has 0 radical (unpaired) electrons. The molecule has 0 aliphatic heterocycles. The fourth-order valence-electron chi connectivity index (χ4n) is 2.73. The van der Waals surface area contributed by atoms with Gasteiger partial charge in [0.1, 0.15) is 11.5 Å². The van der Waals surface area contributed by atoms with Crippen molar-refractivity contribution in [2.75, 3.05) is 0 Å². The van der Waals surface area contributed by atoms with E-state index in [1.807, 2.05) is 24.3 Å². The van der Waals surface area contributed by atoms with E-state index < -0.39 is 24.9 Å². The minimum atomic E-state index is -3.18. The quantitative estimate of drug-likeness (QED) is 0.400. The van der Waals surface area contributed by atoms with E-state index in [2.05, 4.69) is 19.9 Å². The first-order valence-corrected chi connectivity index (χ1v) is 9.00. The van der Waals surface area contributed by atoms with Crippen LogP contribution in [0.2, 0.25) is 0 Å². The Morgan fingerprint density at radius 1 is 1.06 bits per heavy atom. The molecule has 0 bridgehead atoms. The van der Waals surface area contributed by atoms with Crippen molar-refractivity contribution in [3.05, 3.63) is 78.1 Å². The van der Waals surface area contributed by atoms with Gasteiger partial charge in [0, 0.05) is 36.6 Å². The largest absolute Gasteiger partial charge is 0.435 e. The van der Waals surface area contributed by atoms with Crippen LogP contribution in [0.15, 0.2) is 67.0 Å². The second kappa shape index (κ2) is 10.3. The van der Waals surface area contributed by atoms with E-state index in [0.29, 0.717) is 0 Å². The summed E-state index contributed by atoms with van der Waals surface area (Å²) in [5.74, 6) is -1.24. The van der Waals surface area contributed by atoms with Gasteiger partial charge in [-0.2, -0.15) is 22.7 Å². The number of carbonyl (C=O) groups is 1. The number of hydrogen-bond donors (Lipinski definition) is 1. The molecule has 3 aromatic rings. The van der Waals surface area contributed by atoms with Gasteiger partial charge in [-0.3, -0.25) is 4.79 Å². The van der Waals surface area contributed by atoms with Crippen LogP contribution in [-0.4, -0.2) is 28.9 Å². The zero-order chi connectivity index (χ0) is 22.2. The summed E-state index contributed by atoms with van der Waals surface area (Å²) < 4.78 is 60.1. The van der Waals surface area contributed by atoms with Crippen LogP contribution in [0, 0.1) is 0 Å². The molecule has 2 aromatic carbocycles. The Morgan fingerprint density at radius 2 is 1.84 bits per heavy atom. The van der Waals surface area contributed by atoms with Crippen molar-refractivity contribution in [1.29, 1.82) is 0 Å². The fourth-order valence-corrected chi connectivity index (χ4v) is 2.73. The molecule has 1 aromatic heterocycles. The molecular formula is C21H17F4N3O3. The smallest absolute Gasteiger partial charge is 0.387 e. The van der Waals surface area contributed by atoms with Crippen LogP contribution in [0.4, 0.5) is 17.6 Å². The lowest BCUT2D eigenvalue weighted by Crippen LogP contribution is -2.21. The molecular weight excluding hydrogens is 418 g/mol. The fraction of sp³-hybridized carbons (Fsp3) is 0.143. The summed E-state index contributed by atoms with van der Waals surface area (Å²) in [5, 5.41) is 6.86. The monoisotopic (exact) mass is 435 g/mol. The van der Waals surface area contributed by atoms with Crippen LogP contribution in [0.25, 0.3) is 11.8 Å². The average molecular weight is 435 g/mol. The zero-order valence-electron chi connectivity index (χ0n) is 15.9. The number of carbonyl (C=O) groups excluding carboxylic acids is 1. The standard InChI is InChI=1S/C21H17F4N3O3/c22-20(23)30-16-8-6-14(18(12-16)31-21(24)25)7-9-19(29)26-13-15-4-1-2-5-17(15)28-11-3-10-27-28/h1-12,20-21H,13H2,(H,26,29)/b9-7+. The van der Waals surface area contributed by atoms with Gasteiger partial charge in [0.25, 0.3) is 0 Å². The topological polar surface area (TPSA) is 65.4 Å². The van der Waals surface area contributed by atoms with Gasteiger partial charge in [-0.15, -0.1) is 0 Å². The third kappa shape index (κ3) is 6.33. The van der Waals surface area contributed by atoms with E-state index in [1.165, 1.54) is 12.1 Å². The number of nitrogens with one attached hydrogen (secondary N) is 1. The van der Waals surface area contributed by atoms with Crippen molar-refractivity contribution >= 4 is 12.0 Å². The minimum Gasteiger partial charge on any atom is -0.435 e. The molecule has 1 amide bonds. The first-order chi connectivity index (χ1) is 14.9. The molecule has 6 nitrogen and oxygen atoms in total. The van der Waals surface area contributed by atoms with Crippen LogP contribution in [-0.2, 0) is 11.3 Å². The number of halogens is 4. The molecule has 162 valence electrons. The number of benzene rings is 2. The summed E-state index contributed by atoms with van der Waals surface area (Å²) in [6, 6.07) is 12.4. The Labute approximate surface area is 174 Å². The van der Waals surface area contributed by atoms with Gasteiger partial charge in [-0.25, -0.2) is 4.68 Å². The first-order valence-electron chi connectivity index (χ1n) is 9.00. The molecule has 0 aliphatic carbocycles. The number of ether oxygens (including phenoxy) is 2. The number of alkyl halides is 4. The van der Waals surface area contributed by atoms with Crippen LogP contribution < -0.4 is 14.8 Å². The number of rotatable bonds is 9. The van der Waals surface area contributed by atoms with Crippen molar-refractivity contribution in [3.8, 4) is 17.2 Å². The summed E-state index contributed by atoms with van der Waals surface area (Å²) in [7, 11) is 0. The maximum atomic E-state index is 12.6. The van der Waals surface area contributed by atoms with Crippen LogP contribution in [0.3, 0.4) is 0 Å². The van der Waals surface area contributed by atoms with Gasteiger partial charge < -0.3 is 14.8 Å². The molecule has 0 aliphatic rings. The lowest BCUT2D eigenvalue weighted by atomic mass is 10.1. The van der Waals surface area contributed by atoms with Crippen molar-refractivity contribution in [2.24, 2.45) is 0 Å². The van der Waals surface area contributed by atoms with Gasteiger partial charge in [-0.05, 0) is 35.9 Å². The Kier molecular flexibility index (Phi) is 7.26. The van der Waals surface area contributed by atoms with Crippen molar-refractivity contribution in [3.63, 3.8) is 0 Å². The molecule has 1 heterocycles. The number of hydrogen-bond acceptors (Lipinski definition) is 4. The second-order valence-corrected chi connectivity index (χ2v) is 6.09. The Hall–Kier alpha value is -3.82. The van der Waals surface area contributed by atoms with Gasteiger partial charge in [0.05, 0.1) is 5.69 Å². The summed E-state index contributed by atoms with van der Waals surface area (Å²) in [6.07, 6.45) is 5.76. The molecule has 0 saturated carbocycles. The van der Waals surface area contributed by atoms with Gasteiger partial charge in [0.15, 0.2) is 0 Å². The predicted molar refractivity (Wildman–Crippen MR) is 104 cm³/mol. The number of aromatic nitrogens is 2. The molecule has 0 spiro atoms. The first kappa shape index (κ1) is 21.9. The zero-order valence-corrected chi connectivity index (χ0v) is 15.9. The average Bonchev–Trinajstić information content (AvgIpc) is 3.26. The molecule has 0 unspecified atom stereocenters. The number of para-hydroxylation sites is 1. The molecule has 3 rings (SSSR count). The molecule has 0 fully saturated rings. The van der Waals surface area contributed by atoms with E-state index in [0.717, 1.165) is 29.5 Å². The Bertz CT molecular complexity index is 1040. The molecule has 1 N–H and O–H groups in total. The number of amides is 1. The van der Waals surface area contributed by atoms with Crippen molar-refractivity contribution in [2.45, 2.75) is 19.8 Å². The Balaban J connectivity index is 1.69. The maximum absolute atomic E-state index is 12.6. The highest BCUT2D eigenvalue weighted by Crippen LogP contribution is 2.28. The normalized spacial score (nSPS) is 11.3. The van der Waals surface area contributed by atoms with Crippen LogP contribution in [0.5, 0.6) is 11.5 Å². The van der Waals surface area contributed by atoms with Gasteiger partial charge in [-0.1, -0.05) is 18.2 Å². The van der Waals surface area contributed by atoms with E-state index >= 15 is 0 Å². The van der Waals surface area contributed by atoms with Crippen LogP contribution >= 0.6 is 0 Å². The Morgan fingerprint density at radius 3 is 2.55 bits per heavy atom. The SMILES string of the molecule is O=C(/C=C/c1ccc(OC(F)F)cc1OC(F)F)NCc1ccccc1-n1cccn1. The third-order valence-corrected chi connectivity index (χ3v) is 4.04. The van der Waals surface area contributed by atoms with Gasteiger partial charge >= 0.3 is 13.2 Å². The summed E-state index contributed by atoms with van der Waals surface area (Å²) in [4.78, 5) is 12.2. The van der Waals surface area contributed by atoms with E-state index in [4.69, 9.17) is 0 Å². The van der Waals surface area contributed by atoms with Crippen molar-refractivity contribution in [1.82, 2.24) is 15.1 Å². The lowest BCUT2D eigenvalue weighted by Gasteiger charge is -2.11. The lowest BCUT2D eigenvalue weighted by molar-refractivity contribution is -0.116. The van der Waals surface area contributed by atoms with Gasteiger partial charge in [0.2, 0.25) is 5.91 Å². The molecule has 0 atom stereocenters.